The van der Waals surface area contributed by atoms with Gasteiger partial charge in [0, 0.05) is 11.6 Å². The third kappa shape index (κ3) is 4.94. The van der Waals surface area contributed by atoms with Crippen molar-refractivity contribution >= 4 is 28.5 Å². The van der Waals surface area contributed by atoms with E-state index in [0.717, 1.165) is 41.9 Å². The van der Waals surface area contributed by atoms with Crippen LogP contribution < -0.4 is 14.9 Å². The molecule has 1 amide bonds. The van der Waals surface area contributed by atoms with Crippen molar-refractivity contribution in [2.24, 2.45) is 0 Å². The zero-order valence-electron chi connectivity index (χ0n) is 20.8. The predicted octanol–water partition coefficient (Wildman–Crippen LogP) is 6.77. The summed E-state index contributed by atoms with van der Waals surface area (Å²) in [7, 11) is 1.61. The van der Waals surface area contributed by atoms with Crippen LogP contribution in [0.4, 0.5) is 0 Å². The molecule has 0 saturated heterocycles. The van der Waals surface area contributed by atoms with Gasteiger partial charge in [-0.3, -0.25) is 9.59 Å². The van der Waals surface area contributed by atoms with Crippen LogP contribution in [-0.4, -0.2) is 24.5 Å². The molecule has 0 fully saturated rings. The number of rotatable bonds is 9. The standard InChI is InChI=1S/C30H28ClNO5/c1-3-4-5-16-36-23-13-8-20(9-14-23)27-26-28(33)24-17-21(31)10-15-25(24)37-29(26)30(34)32(27)18-19-6-11-22(35-2)12-7-19/h6-15,17,27H,3-5,16,18H2,1-2H3. The second-order valence-corrected chi connectivity index (χ2v) is 9.56. The molecule has 4 aromatic rings. The number of fused-ring (bicyclic) bond motifs is 2. The average molecular weight is 518 g/mol. The van der Waals surface area contributed by atoms with Crippen molar-refractivity contribution in [3.8, 4) is 11.5 Å². The molecule has 7 heteroatoms. The lowest BCUT2D eigenvalue weighted by Crippen LogP contribution is -2.29. The highest BCUT2D eigenvalue weighted by atomic mass is 35.5. The molecule has 0 aliphatic carbocycles. The Morgan fingerprint density at radius 1 is 0.946 bits per heavy atom. The molecular weight excluding hydrogens is 490 g/mol. The Morgan fingerprint density at radius 3 is 2.38 bits per heavy atom. The molecule has 1 unspecified atom stereocenters. The van der Waals surface area contributed by atoms with Gasteiger partial charge in [0.1, 0.15) is 17.1 Å². The van der Waals surface area contributed by atoms with Gasteiger partial charge in [0.05, 0.1) is 30.7 Å². The number of benzene rings is 3. The van der Waals surface area contributed by atoms with Crippen LogP contribution in [0.2, 0.25) is 5.02 Å². The fourth-order valence-electron chi connectivity index (χ4n) is 4.72. The van der Waals surface area contributed by atoms with Gasteiger partial charge in [0.2, 0.25) is 5.76 Å². The van der Waals surface area contributed by atoms with E-state index in [4.69, 9.17) is 25.5 Å². The Bertz CT molecular complexity index is 1480. The maximum atomic E-state index is 13.7. The van der Waals surface area contributed by atoms with Crippen LogP contribution in [-0.2, 0) is 6.54 Å². The van der Waals surface area contributed by atoms with Crippen molar-refractivity contribution in [2.45, 2.75) is 38.8 Å². The van der Waals surface area contributed by atoms with E-state index in [1.165, 1.54) is 0 Å². The summed E-state index contributed by atoms with van der Waals surface area (Å²) in [5, 5.41) is 0.784. The van der Waals surface area contributed by atoms with Crippen LogP contribution in [0.1, 0.15) is 59.5 Å². The van der Waals surface area contributed by atoms with Gasteiger partial charge in [0.25, 0.3) is 5.91 Å². The lowest BCUT2D eigenvalue weighted by atomic mass is 9.98. The van der Waals surface area contributed by atoms with Crippen molar-refractivity contribution in [1.29, 1.82) is 0 Å². The van der Waals surface area contributed by atoms with Gasteiger partial charge in [-0.15, -0.1) is 0 Å². The molecule has 0 radical (unpaired) electrons. The van der Waals surface area contributed by atoms with Crippen LogP contribution >= 0.6 is 11.6 Å². The number of ether oxygens (including phenoxy) is 2. The average Bonchev–Trinajstić information content (AvgIpc) is 3.19. The number of hydrogen-bond donors (Lipinski definition) is 0. The zero-order valence-corrected chi connectivity index (χ0v) is 21.6. The summed E-state index contributed by atoms with van der Waals surface area (Å²) in [6.07, 6.45) is 3.24. The zero-order chi connectivity index (χ0) is 25.9. The molecule has 37 heavy (non-hydrogen) atoms. The minimum atomic E-state index is -0.613. The highest BCUT2D eigenvalue weighted by molar-refractivity contribution is 6.31. The smallest absolute Gasteiger partial charge is 0.291 e. The summed E-state index contributed by atoms with van der Waals surface area (Å²) in [6.45, 7) is 3.10. The van der Waals surface area contributed by atoms with Crippen LogP contribution in [0.25, 0.3) is 11.0 Å². The number of hydrogen-bond acceptors (Lipinski definition) is 5. The predicted molar refractivity (Wildman–Crippen MR) is 144 cm³/mol. The van der Waals surface area contributed by atoms with Crippen molar-refractivity contribution in [1.82, 2.24) is 4.90 Å². The van der Waals surface area contributed by atoms with E-state index in [1.807, 2.05) is 48.5 Å². The molecule has 1 atom stereocenters. The Labute approximate surface area is 220 Å². The Balaban J connectivity index is 1.56. The molecule has 0 spiro atoms. The summed E-state index contributed by atoms with van der Waals surface area (Å²) in [5.41, 5.74) is 2.11. The molecule has 190 valence electrons. The minimum absolute atomic E-state index is 0.0678. The normalized spacial score (nSPS) is 14.7. The van der Waals surface area contributed by atoms with Crippen LogP contribution in [0.3, 0.4) is 0 Å². The fourth-order valence-corrected chi connectivity index (χ4v) is 4.89. The Hall–Kier alpha value is -3.77. The molecule has 1 aromatic heterocycles. The van der Waals surface area contributed by atoms with E-state index in [1.54, 1.807) is 30.2 Å². The summed E-state index contributed by atoms with van der Waals surface area (Å²) in [5.74, 6) is 1.22. The maximum Gasteiger partial charge on any atom is 0.291 e. The van der Waals surface area contributed by atoms with Gasteiger partial charge < -0.3 is 18.8 Å². The fraction of sp³-hybridized carbons (Fsp3) is 0.267. The summed E-state index contributed by atoms with van der Waals surface area (Å²) < 4.78 is 17.1. The molecule has 1 aliphatic heterocycles. The number of unbranched alkanes of at least 4 members (excludes halogenated alkanes) is 2. The molecule has 3 aromatic carbocycles. The number of carbonyl (C=O) groups is 1. The monoisotopic (exact) mass is 517 g/mol. The van der Waals surface area contributed by atoms with Gasteiger partial charge in [-0.25, -0.2) is 0 Å². The quantitative estimate of drug-likeness (QED) is 0.229. The molecule has 1 aliphatic rings. The van der Waals surface area contributed by atoms with Gasteiger partial charge in [-0.2, -0.15) is 0 Å². The van der Waals surface area contributed by atoms with E-state index in [0.29, 0.717) is 34.7 Å². The highest BCUT2D eigenvalue weighted by Gasteiger charge is 2.42. The topological polar surface area (TPSA) is 69.0 Å². The largest absolute Gasteiger partial charge is 0.497 e. The first kappa shape index (κ1) is 24.9. The molecule has 5 rings (SSSR count). The Kier molecular flexibility index (Phi) is 7.19. The van der Waals surface area contributed by atoms with Crippen LogP contribution in [0.15, 0.2) is 75.9 Å². The van der Waals surface area contributed by atoms with Gasteiger partial charge in [-0.1, -0.05) is 55.6 Å². The van der Waals surface area contributed by atoms with Crippen molar-refractivity contribution in [2.75, 3.05) is 13.7 Å². The number of nitrogens with zero attached hydrogens (tertiary/aromatic N) is 1. The van der Waals surface area contributed by atoms with E-state index in [-0.39, 0.29) is 17.1 Å². The van der Waals surface area contributed by atoms with E-state index in [2.05, 4.69) is 6.92 Å². The second kappa shape index (κ2) is 10.7. The van der Waals surface area contributed by atoms with Crippen molar-refractivity contribution < 1.29 is 18.7 Å². The minimum Gasteiger partial charge on any atom is -0.497 e. The first-order valence-corrected chi connectivity index (χ1v) is 12.8. The Morgan fingerprint density at radius 2 is 1.68 bits per heavy atom. The molecule has 0 saturated carbocycles. The van der Waals surface area contributed by atoms with Gasteiger partial charge in [-0.05, 0) is 60.0 Å². The maximum absolute atomic E-state index is 13.7. The molecule has 0 bridgehead atoms. The third-order valence-corrected chi connectivity index (χ3v) is 6.89. The number of methoxy groups -OCH3 is 1. The van der Waals surface area contributed by atoms with E-state index in [9.17, 15) is 9.59 Å². The number of amides is 1. The van der Waals surface area contributed by atoms with Gasteiger partial charge in [0.15, 0.2) is 5.43 Å². The van der Waals surface area contributed by atoms with Crippen LogP contribution in [0, 0.1) is 0 Å². The summed E-state index contributed by atoms with van der Waals surface area (Å²) >= 11 is 6.18. The molecule has 2 heterocycles. The first-order chi connectivity index (χ1) is 18.0. The lowest BCUT2D eigenvalue weighted by molar-refractivity contribution is 0.0714. The summed E-state index contributed by atoms with van der Waals surface area (Å²) in [4.78, 5) is 29.0. The van der Waals surface area contributed by atoms with Crippen LogP contribution in [0.5, 0.6) is 11.5 Å². The van der Waals surface area contributed by atoms with E-state index < -0.39 is 6.04 Å². The van der Waals surface area contributed by atoms with E-state index >= 15 is 0 Å². The first-order valence-electron chi connectivity index (χ1n) is 12.4. The van der Waals surface area contributed by atoms with Crippen molar-refractivity contribution in [3.05, 3.63) is 104 Å². The molecule has 0 N–H and O–H groups in total. The van der Waals surface area contributed by atoms with Gasteiger partial charge >= 0.3 is 0 Å². The summed E-state index contributed by atoms with van der Waals surface area (Å²) in [6, 6.07) is 19.3. The second-order valence-electron chi connectivity index (χ2n) is 9.12. The lowest BCUT2D eigenvalue weighted by Gasteiger charge is -2.25. The molecular formula is C30H28ClNO5. The third-order valence-electron chi connectivity index (χ3n) is 6.65. The number of halogens is 1. The SMILES string of the molecule is CCCCCOc1ccc(C2c3c(oc4ccc(Cl)cc4c3=O)C(=O)N2Cc2ccc(OC)cc2)cc1. The highest BCUT2D eigenvalue weighted by Crippen LogP contribution is 2.40. The molecule has 6 nitrogen and oxygen atoms in total. The van der Waals surface area contributed by atoms with Crippen molar-refractivity contribution in [3.63, 3.8) is 0 Å². The number of carbonyl (C=O) groups excluding carboxylic acids is 1.